The number of nitrogens with one attached hydrogen (secondary N) is 1. The first-order valence-electron chi connectivity index (χ1n) is 6.01. The van der Waals surface area contributed by atoms with E-state index in [1.54, 1.807) is 4.68 Å². The van der Waals surface area contributed by atoms with Crippen LogP contribution in [0.3, 0.4) is 0 Å². The van der Waals surface area contributed by atoms with Gasteiger partial charge < -0.3 is 10.4 Å². The van der Waals surface area contributed by atoms with Gasteiger partial charge in [-0.05, 0) is 32.6 Å². The second kappa shape index (κ2) is 5.16. The van der Waals surface area contributed by atoms with Crippen molar-refractivity contribution < 1.29 is 14.7 Å². The zero-order valence-electron chi connectivity index (χ0n) is 10.2. The maximum atomic E-state index is 11.6. The minimum atomic E-state index is -1.05. The third kappa shape index (κ3) is 2.66. The summed E-state index contributed by atoms with van der Waals surface area (Å²) in [6.45, 7) is 1.46. The number of aliphatic carboxylic acids is 1. The smallest absolute Gasteiger partial charge is 0.325 e. The van der Waals surface area contributed by atoms with Crippen LogP contribution in [0.4, 0.5) is 0 Å². The van der Waals surface area contributed by atoms with Crippen LogP contribution in [0.15, 0.2) is 0 Å². The van der Waals surface area contributed by atoms with Gasteiger partial charge in [0, 0.05) is 0 Å². The molecule has 0 aliphatic heterocycles. The number of carboxylic acids is 1. The molecule has 0 spiro atoms. The van der Waals surface area contributed by atoms with Crippen LogP contribution >= 0.6 is 0 Å². The highest BCUT2D eigenvalue weighted by atomic mass is 16.4. The second-order valence-corrected chi connectivity index (χ2v) is 4.48. The van der Waals surface area contributed by atoms with Gasteiger partial charge in [-0.3, -0.25) is 9.59 Å². The van der Waals surface area contributed by atoms with Crippen LogP contribution in [0.2, 0.25) is 0 Å². The number of hydrogen-bond donors (Lipinski definition) is 2. The van der Waals surface area contributed by atoms with Gasteiger partial charge in [-0.2, -0.15) is 0 Å². The maximum Gasteiger partial charge on any atom is 0.325 e. The number of rotatable bonds is 4. The molecule has 0 aromatic carbocycles. The summed E-state index contributed by atoms with van der Waals surface area (Å²) in [7, 11) is 0. The molecule has 7 nitrogen and oxygen atoms in total. The summed E-state index contributed by atoms with van der Waals surface area (Å²) in [6, 6.07) is -0.892. The monoisotopic (exact) mass is 252 g/mol. The minimum Gasteiger partial charge on any atom is -0.480 e. The third-order valence-electron chi connectivity index (χ3n) is 3.04. The van der Waals surface area contributed by atoms with E-state index in [-0.39, 0.29) is 12.5 Å². The number of aryl methyl sites for hydroxylation is 1. The van der Waals surface area contributed by atoms with E-state index in [4.69, 9.17) is 5.11 Å². The lowest BCUT2D eigenvalue weighted by Gasteiger charge is -2.13. The van der Waals surface area contributed by atoms with Crippen LogP contribution in [0.1, 0.15) is 31.2 Å². The van der Waals surface area contributed by atoms with E-state index in [1.807, 2.05) is 0 Å². The molecule has 1 aliphatic carbocycles. The van der Waals surface area contributed by atoms with Crippen LogP contribution in [-0.2, 0) is 29.0 Å². The van der Waals surface area contributed by atoms with E-state index >= 15 is 0 Å². The van der Waals surface area contributed by atoms with Crippen LogP contribution < -0.4 is 5.32 Å². The molecule has 18 heavy (non-hydrogen) atoms. The van der Waals surface area contributed by atoms with E-state index in [9.17, 15) is 9.59 Å². The number of amides is 1. The van der Waals surface area contributed by atoms with Gasteiger partial charge in [0.2, 0.25) is 5.91 Å². The van der Waals surface area contributed by atoms with Crippen molar-refractivity contribution in [3.05, 3.63) is 11.4 Å². The molecular weight excluding hydrogens is 236 g/mol. The number of aromatic nitrogens is 3. The van der Waals surface area contributed by atoms with Gasteiger partial charge in [-0.1, -0.05) is 5.21 Å². The molecule has 1 aromatic rings. The Morgan fingerprint density at radius 3 is 2.89 bits per heavy atom. The van der Waals surface area contributed by atoms with Gasteiger partial charge in [0.05, 0.1) is 11.4 Å². The maximum absolute atomic E-state index is 11.6. The van der Waals surface area contributed by atoms with Gasteiger partial charge in [-0.15, -0.1) is 5.10 Å². The predicted molar refractivity (Wildman–Crippen MR) is 61.9 cm³/mol. The summed E-state index contributed by atoms with van der Waals surface area (Å²) in [5.41, 5.74) is 1.96. The summed E-state index contributed by atoms with van der Waals surface area (Å²) in [5, 5.41) is 19.1. The Hall–Kier alpha value is -1.92. The molecule has 2 rings (SSSR count). The number of carboxylic acid groups (broad SMARTS) is 1. The fourth-order valence-electron chi connectivity index (χ4n) is 2.03. The van der Waals surface area contributed by atoms with Crippen LogP contribution in [0.25, 0.3) is 0 Å². The summed E-state index contributed by atoms with van der Waals surface area (Å²) in [4.78, 5) is 22.3. The molecule has 1 heterocycles. The lowest BCUT2D eigenvalue weighted by atomic mass is 10.0. The Labute approximate surface area is 104 Å². The first kappa shape index (κ1) is 12.5. The zero-order chi connectivity index (χ0) is 13.1. The standard InChI is InChI=1S/C11H16N4O3/c1-7(11(17)18)12-10(16)6-15-9-5-3-2-4-8(9)13-14-15/h7H,2-6H2,1H3,(H,12,16)(H,17,18)/t7-/m0/s1. The molecule has 0 saturated heterocycles. The third-order valence-corrected chi connectivity index (χ3v) is 3.04. The number of hydrogen-bond acceptors (Lipinski definition) is 4. The van der Waals surface area contributed by atoms with Gasteiger partial charge in [0.25, 0.3) is 0 Å². The van der Waals surface area contributed by atoms with E-state index in [0.717, 1.165) is 37.1 Å². The predicted octanol–water partition coefficient (Wildman–Crippen LogP) is -0.254. The summed E-state index contributed by atoms with van der Waals surface area (Å²) < 4.78 is 1.57. The van der Waals surface area contributed by atoms with Crippen molar-refractivity contribution in [1.82, 2.24) is 20.3 Å². The molecule has 1 aliphatic rings. The highest BCUT2D eigenvalue weighted by Crippen LogP contribution is 2.18. The van der Waals surface area contributed by atoms with Gasteiger partial charge >= 0.3 is 5.97 Å². The van der Waals surface area contributed by atoms with E-state index in [0.29, 0.717) is 0 Å². The van der Waals surface area contributed by atoms with Crippen molar-refractivity contribution in [2.24, 2.45) is 0 Å². The molecule has 2 N–H and O–H groups in total. The van der Waals surface area contributed by atoms with Crippen molar-refractivity contribution in [3.8, 4) is 0 Å². The molecule has 0 saturated carbocycles. The number of nitrogens with zero attached hydrogens (tertiary/aromatic N) is 3. The molecule has 7 heteroatoms. The molecule has 98 valence electrons. The van der Waals surface area contributed by atoms with Crippen LogP contribution in [0.5, 0.6) is 0 Å². The summed E-state index contributed by atoms with van der Waals surface area (Å²) >= 11 is 0. The van der Waals surface area contributed by atoms with Crippen molar-refractivity contribution in [2.75, 3.05) is 0 Å². The van der Waals surface area contributed by atoms with E-state index < -0.39 is 12.0 Å². The van der Waals surface area contributed by atoms with Crippen molar-refractivity contribution in [2.45, 2.75) is 45.2 Å². The number of fused-ring (bicyclic) bond motifs is 1. The van der Waals surface area contributed by atoms with Crippen LogP contribution in [0, 0.1) is 0 Å². The normalized spacial score (nSPS) is 15.8. The largest absolute Gasteiger partial charge is 0.480 e. The average Bonchev–Trinajstić information content (AvgIpc) is 2.72. The second-order valence-electron chi connectivity index (χ2n) is 4.48. The highest BCUT2D eigenvalue weighted by Gasteiger charge is 2.19. The first-order valence-corrected chi connectivity index (χ1v) is 6.01. The molecule has 1 aromatic heterocycles. The van der Waals surface area contributed by atoms with Gasteiger partial charge in [0.1, 0.15) is 12.6 Å². The zero-order valence-corrected chi connectivity index (χ0v) is 10.2. The van der Waals surface area contributed by atoms with Crippen molar-refractivity contribution in [3.63, 3.8) is 0 Å². The van der Waals surface area contributed by atoms with Gasteiger partial charge in [0.15, 0.2) is 0 Å². The molecular formula is C11H16N4O3. The average molecular weight is 252 g/mol. The summed E-state index contributed by atoms with van der Waals surface area (Å²) in [6.07, 6.45) is 3.97. The molecule has 0 fully saturated rings. The Kier molecular flexibility index (Phi) is 3.59. The Morgan fingerprint density at radius 1 is 1.44 bits per heavy atom. The molecule has 0 bridgehead atoms. The number of carbonyl (C=O) groups excluding carboxylic acids is 1. The molecule has 1 atom stereocenters. The SMILES string of the molecule is C[C@H](NC(=O)Cn1nnc2c1CCCC2)C(=O)O. The molecule has 0 unspecified atom stereocenters. The van der Waals surface area contributed by atoms with Crippen molar-refractivity contribution in [1.29, 1.82) is 0 Å². The van der Waals surface area contributed by atoms with Crippen LogP contribution in [-0.4, -0.2) is 38.0 Å². The fraction of sp³-hybridized carbons (Fsp3) is 0.636. The first-order chi connectivity index (χ1) is 8.58. The molecule has 1 amide bonds. The Bertz CT molecular complexity index is 469. The minimum absolute atomic E-state index is 0.0277. The number of carbonyl (C=O) groups is 2. The van der Waals surface area contributed by atoms with Gasteiger partial charge in [-0.25, -0.2) is 4.68 Å². The highest BCUT2D eigenvalue weighted by molar-refractivity contribution is 5.83. The fourth-order valence-corrected chi connectivity index (χ4v) is 2.03. The Balaban J connectivity index is 1.99. The topological polar surface area (TPSA) is 97.1 Å². The quantitative estimate of drug-likeness (QED) is 0.770. The van der Waals surface area contributed by atoms with E-state index in [1.165, 1.54) is 6.92 Å². The summed E-state index contributed by atoms with van der Waals surface area (Å²) in [5.74, 6) is -1.41. The lowest BCUT2D eigenvalue weighted by molar-refractivity contribution is -0.141. The van der Waals surface area contributed by atoms with Crippen molar-refractivity contribution >= 4 is 11.9 Å². The van der Waals surface area contributed by atoms with E-state index in [2.05, 4.69) is 15.6 Å². The Morgan fingerprint density at radius 2 is 2.17 bits per heavy atom. The molecule has 0 radical (unpaired) electrons. The lowest BCUT2D eigenvalue weighted by Crippen LogP contribution is -2.40.